The molecule has 1 fully saturated rings. The van der Waals surface area contributed by atoms with Crippen LogP contribution in [0.4, 0.5) is 5.82 Å². The normalized spacial score (nSPS) is 14.9. The van der Waals surface area contributed by atoms with Crippen molar-refractivity contribution < 1.29 is 0 Å². The molecule has 0 radical (unpaired) electrons. The number of pyridine rings is 1. The monoisotopic (exact) mass is 514 g/mol. The van der Waals surface area contributed by atoms with Gasteiger partial charge in [0.05, 0.1) is 13.1 Å². The Morgan fingerprint density at radius 1 is 1.11 bits per heavy atom. The van der Waals surface area contributed by atoms with Crippen LogP contribution in [0.2, 0.25) is 0 Å². The first-order chi connectivity index (χ1) is 13.2. The van der Waals surface area contributed by atoms with Crippen LogP contribution in [0.1, 0.15) is 48.1 Å². The second kappa shape index (κ2) is 12.2. The van der Waals surface area contributed by atoms with Crippen molar-refractivity contribution in [1.82, 2.24) is 20.6 Å². The number of hydrogen-bond acceptors (Lipinski definition) is 5. The smallest absolute Gasteiger partial charge is 0.191 e. The standard InChI is InChI=1S/C20H30N6S.HI/c1-3-21-20(25-15-19-23-12-16(2)27-19)24-14-17-8-9-18(22-13-17)26-10-6-4-5-7-11-26;/h8-9,12-13H,3-7,10-11,14-15H2,1-2H3,(H2,21,24,25);1H. The van der Waals surface area contributed by atoms with E-state index in [1.165, 1.54) is 30.6 Å². The highest BCUT2D eigenvalue weighted by Crippen LogP contribution is 2.17. The first-order valence-corrected chi connectivity index (χ1v) is 10.7. The molecule has 0 unspecified atom stereocenters. The summed E-state index contributed by atoms with van der Waals surface area (Å²) in [5.74, 6) is 1.90. The van der Waals surface area contributed by atoms with Crippen LogP contribution in [0.25, 0.3) is 0 Å². The molecule has 0 atom stereocenters. The van der Waals surface area contributed by atoms with Crippen molar-refractivity contribution >= 4 is 47.1 Å². The van der Waals surface area contributed by atoms with Gasteiger partial charge < -0.3 is 15.5 Å². The minimum atomic E-state index is 0. The highest BCUT2D eigenvalue weighted by molar-refractivity contribution is 14.0. The molecular weight excluding hydrogens is 483 g/mol. The zero-order valence-corrected chi connectivity index (χ0v) is 19.9. The van der Waals surface area contributed by atoms with Crippen LogP contribution in [0, 0.1) is 6.92 Å². The van der Waals surface area contributed by atoms with E-state index in [1.54, 1.807) is 11.3 Å². The molecule has 0 spiro atoms. The van der Waals surface area contributed by atoms with Crippen molar-refractivity contribution in [2.24, 2.45) is 4.99 Å². The Morgan fingerprint density at radius 2 is 1.89 bits per heavy atom. The number of aliphatic imine (C=N–C) groups is 1. The number of aromatic nitrogens is 2. The highest BCUT2D eigenvalue weighted by Gasteiger charge is 2.10. The number of halogens is 1. The number of thiazole rings is 1. The van der Waals surface area contributed by atoms with E-state index in [4.69, 9.17) is 0 Å². The molecule has 2 N–H and O–H groups in total. The van der Waals surface area contributed by atoms with Crippen molar-refractivity contribution in [3.8, 4) is 0 Å². The largest absolute Gasteiger partial charge is 0.357 e. The number of aryl methyl sites for hydroxylation is 1. The van der Waals surface area contributed by atoms with E-state index >= 15 is 0 Å². The third-order valence-corrected chi connectivity index (χ3v) is 5.49. The van der Waals surface area contributed by atoms with Gasteiger partial charge in [-0.2, -0.15) is 0 Å². The zero-order valence-electron chi connectivity index (χ0n) is 16.8. The quantitative estimate of drug-likeness (QED) is 0.345. The average molecular weight is 514 g/mol. The number of nitrogens with zero attached hydrogens (tertiary/aromatic N) is 4. The first kappa shape index (κ1) is 22.9. The lowest BCUT2D eigenvalue weighted by Crippen LogP contribution is -2.36. The molecule has 0 amide bonds. The van der Waals surface area contributed by atoms with Gasteiger partial charge in [-0.3, -0.25) is 0 Å². The van der Waals surface area contributed by atoms with Gasteiger partial charge in [0.15, 0.2) is 5.96 Å². The molecule has 3 rings (SSSR count). The minimum Gasteiger partial charge on any atom is -0.357 e. The van der Waals surface area contributed by atoms with Gasteiger partial charge in [0.2, 0.25) is 0 Å². The number of hydrogen-bond donors (Lipinski definition) is 2. The summed E-state index contributed by atoms with van der Waals surface area (Å²) < 4.78 is 0. The van der Waals surface area contributed by atoms with Gasteiger partial charge in [-0.15, -0.1) is 35.3 Å². The van der Waals surface area contributed by atoms with Gasteiger partial charge in [-0.1, -0.05) is 18.9 Å². The molecule has 1 saturated heterocycles. The molecule has 154 valence electrons. The minimum absolute atomic E-state index is 0. The van der Waals surface area contributed by atoms with Gasteiger partial charge in [0, 0.05) is 36.9 Å². The molecule has 0 aliphatic carbocycles. The summed E-state index contributed by atoms with van der Waals surface area (Å²) in [4.78, 5) is 17.4. The number of nitrogens with one attached hydrogen (secondary N) is 2. The topological polar surface area (TPSA) is 65.4 Å². The molecule has 28 heavy (non-hydrogen) atoms. The SMILES string of the molecule is CCNC(=NCc1ccc(N2CCCCCC2)nc1)NCc1ncc(C)s1.I. The fourth-order valence-electron chi connectivity index (χ4n) is 3.15. The van der Waals surface area contributed by atoms with E-state index in [1.807, 2.05) is 12.4 Å². The Labute approximate surface area is 189 Å². The summed E-state index contributed by atoms with van der Waals surface area (Å²) in [5, 5.41) is 7.71. The van der Waals surface area contributed by atoms with Gasteiger partial charge in [-0.25, -0.2) is 15.0 Å². The average Bonchev–Trinajstić information content (AvgIpc) is 2.93. The van der Waals surface area contributed by atoms with Gasteiger partial charge in [0.1, 0.15) is 10.8 Å². The Hall–Kier alpha value is -1.42. The second-order valence-corrected chi connectivity index (χ2v) is 8.16. The van der Waals surface area contributed by atoms with Crippen molar-refractivity contribution in [1.29, 1.82) is 0 Å². The Bertz CT molecular complexity index is 723. The summed E-state index contributed by atoms with van der Waals surface area (Å²) in [6, 6.07) is 4.28. The van der Waals surface area contributed by atoms with E-state index in [0.29, 0.717) is 13.1 Å². The zero-order chi connectivity index (χ0) is 18.9. The van der Waals surface area contributed by atoms with Crippen LogP contribution in [-0.4, -0.2) is 35.6 Å². The van der Waals surface area contributed by atoms with E-state index in [0.717, 1.165) is 42.0 Å². The maximum absolute atomic E-state index is 4.68. The van der Waals surface area contributed by atoms with E-state index in [9.17, 15) is 0 Å². The fraction of sp³-hybridized carbons (Fsp3) is 0.550. The van der Waals surface area contributed by atoms with Crippen LogP contribution >= 0.6 is 35.3 Å². The Kier molecular flexibility index (Phi) is 9.97. The maximum Gasteiger partial charge on any atom is 0.191 e. The van der Waals surface area contributed by atoms with Crippen molar-refractivity contribution in [2.45, 2.75) is 52.6 Å². The molecule has 2 aromatic heterocycles. The lowest BCUT2D eigenvalue weighted by molar-refractivity contribution is 0.726. The molecular formula is C20H31IN6S. The third kappa shape index (κ3) is 7.20. The van der Waals surface area contributed by atoms with E-state index in [2.05, 4.69) is 56.5 Å². The molecule has 0 aromatic carbocycles. The number of anilines is 1. The predicted octanol–water partition coefficient (Wildman–Crippen LogP) is 4.10. The van der Waals surface area contributed by atoms with E-state index in [-0.39, 0.29) is 24.0 Å². The lowest BCUT2D eigenvalue weighted by Gasteiger charge is -2.21. The first-order valence-electron chi connectivity index (χ1n) is 9.88. The van der Waals surface area contributed by atoms with Crippen molar-refractivity contribution in [3.63, 3.8) is 0 Å². The van der Waals surface area contributed by atoms with Crippen LogP contribution < -0.4 is 15.5 Å². The lowest BCUT2D eigenvalue weighted by atomic mass is 10.2. The molecule has 1 aliphatic heterocycles. The van der Waals surface area contributed by atoms with Crippen LogP contribution in [0.5, 0.6) is 0 Å². The molecule has 0 bridgehead atoms. The predicted molar refractivity (Wildman–Crippen MR) is 129 cm³/mol. The fourth-order valence-corrected chi connectivity index (χ4v) is 3.88. The van der Waals surface area contributed by atoms with Crippen molar-refractivity contribution in [3.05, 3.63) is 40.0 Å². The number of rotatable bonds is 6. The summed E-state index contributed by atoms with van der Waals surface area (Å²) >= 11 is 1.71. The van der Waals surface area contributed by atoms with Crippen LogP contribution in [0.15, 0.2) is 29.5 Å². The Morgan fingerprint density at radius 3 is 2.50 bits per heavy atom. The Balaban J connectivity index is 0.00000280. The van der Waals surface area contributed by atoms with Crippen LogP contribution in [0.3, 0.4) is 0 Å². The molecule has 6 nitrogen and oxygen atoms in total. The van der Waals surface area contributed by atoms with Crippen LogP contribution in [-0.2, 0) is 13.1 Å². The summed E-state index contributed by atoms with van der Waals surface area (Å²) in [7, 11) is 0. The third-order valence-electron chi connectivity index (χ3n) is 4.58. The molecule has 2 aromatic rings. The van der Waals surface area contributed by atoms with Gasteiger partial charge >= 0.3 is 0 Å². The maximum atomic E-state index is 4.68. The highest BCUT2D eigenvalue weighted by atomic mass is 127. The summed E-state index contributed by atoms with van der Waals surface area (Å²) in [6.07, 6.45) is 9.07. The summed E-state index contributed by atoms with van der Waals surface area (Å²) in [5.41, 5.74) is 1.12. The number of guanidine groups is 1. The van der Waals surface area contributed by atoms with Gasteiger partial charge in [0.25, 0.3) is 0 Å². The molecule has 0 saturated carbocycles. The second-order valence-electron chi connectivity index (χ2n) is 6.84. The summed E-state index contributed by atoms with van der Waals surface area (Å²) in [6.45, 7) is 8.51. The van der Waals surface area contributed by atoms with E-state index < -0.39 is 0 Å². The van der Waals surface area contributed by atoms with Crippen molar-refractivity contribution in [2.75, 3.05) is 24.5 Å². The van der Waals surface area contributed by atoms with Gasteiger partial charge in [-0.05, 0) is 38.3 Å². The molecule has 1 aliphatic rings. The molecule has 3 heterocycles. The molecule has 8 heteroatoms.